The Morgan fingerprint density at radius 3 is 3.10 bits per heavy atom. The van der Waals surface area contributed by atoms with Crippen molar-refractivity contribution in [2.45, 2.75) is 25.7 Å². The van der Waals surface area contributed by atoms with Gasteiger partial charge in [0.25, 0.3) is 0 Å². The lowest BCUT2D eigenvalue weighted by atomic mass is 9.95. The zero-order valence-corrected chi connectivity index (χ0v) is 11.4. The van der Waals surface area contributed by atoms with Crippen molar-refractivity contribution in [1.82, 2.24) is 20.2 Å². The molecule has 1 fully saturated rings. The van der Waals surface area contributed by atoms with Gasteiger partial charge in [-0.15, -0.1) is 0 Å². The smallest absolute Gasteiger partial charge is 0.226 e. The van der Waals surface area contributed by atoms with Gasteiger partial charge in [0.15, 0.2) is 0 Å². The average molecular weight is 268 g/mol. The van der Waals surface area contributed by atoms with E-state index in [-0.39, 0.29) is 0 Å². The molecule has 1 aliphatic heterocycles. The summed E-state index contributed by atoms with van der Waals surface area (Å²) in [7, 11) is 0. The largest absolute Gasteiger partial charge is 0.340 e. The Bertz CT molecular complexity index is 628. The van der Waals surface area contributed by atoms with Gasteiger partial charge in [0.1, 0.15) is 11.8 Å². The second-order valence-electron chi connectivity index (χ2n) is 5.10. The van der Waals surface area contributed by atoms with E-state index in [0.29, 0.717) is 17.6 Å². The van der Waals surface area contributed by atoms with Crippen molar-refractivity contribution in [2.24, 2.45) is 0 Å². The van der Waals surface area contributed by atoms with Gasteiger partial charge in [0.05, 0.1) is 0 Å². The third-order valence-corrected chi connectivity index (χ3v) is 3.62. The van der Waals surface area contributed by atoms with Crippen molar-refractivity contribution >= 4 is 5.95 Å². The van der Waals surface area contributed by atoms with Crippen molar-refractivity contribution in [3.63, 3.8) is 0 Å². The van der Waals surface area contributed by atoms with E-state index in [1.165, 1.54) is 0 Å². The molecule has 1 N–H and O–H groups in total. The molecule has 0 spiro atoms. The van der Waals surface area contributed by atoms with Gasteiger partial charge in [0, 0.05) is 36.6 Å². The molecule has 0 radical (unpaired) electrons. The number of aryl methyl sites for hydroxylation is 1. The normalized spacial score (nSPS) is 18.8. The quantitative estimate of drug-likeness (QED) is 0.897. The number of nitrogens with zero attached hydrogens (tertiary/aromatic N) is 5. The average Bonchev–Trinajstić information content (AvgIpc) is 3.01. The summed E-state index contributed by atoms with van der Waals surface area (Å²) in [5, 5.41) is 16.1. The molecule has 1 unspecified atom stereocenters. The molecule has 0 bridgehead atoms. The van der Waals surface area contributed by atoms with Gasteiger partial charge in [-0.2, -0.15) is 10.4 Å². The minimum atomic E-state index is 0.417. The lowest BCUT2D eigenvalue weighted by molar-refractivity contribution is 0.494. The highest BCUT2D eigenvalue weighted by atomic mass is 15.3. The molecule has 6 nitrogen and oxygen atoms in total. The van der Waals surface area contributed by atoms with E-state index in [2.05, 4.69) is 31.1 Å². The van der Waals surface area contributed by atoms with Crippen LogP contribution in [0.15, 0.2) is 18.3 Å². The number of aromatic nitrogens is 4. The molecule has 1 aliphatic rings. The van der Waals surface area contributed by atoms with Crippen molar-refractivity contribution in [2.75, 3.05) is 18.0 Å². The third-order valence-electron chi connectivity index (χ3n) is 3.62. The van der Waals surface area contributed by atoms with Crippen LogP contribution in [0.25, 0.3) is 0 Å². The topological polar surface area (TPSA) is 81.5 Å². The van der Waals surface area contributed by atoms with Crippen molar-refractivity contribution < 1.29 is 0 Å². The molecule has 6 heteroatoms. The molecule has 1 saturated heterocycles. The molecule has 0 aliphatic carbocycles. The maximum Gasteiger partial charge on any atom is 0.226 e. The number of H-pyrrole nitrogens is 1. The lowest BCUT2D eigenvalue weighted by Gasteiger charge is -2.32. The van der Waals surface area contributed by atoms with Crippen LogP contribution in [0.3, 0.4) is 0 Å². The molecule has 3 rings (SSSR count). The molecule has 2 aromatic rings. The van der Waals surface area contributed by atoms with Gasteiger partial charge in [-0.1, -0.05) is 0 Å². The van der Waals surface area contributed by atoms with E-state index in [0.717, 1.165) is 37.3 Å². The monoisotopic (exact) mass is 268 g/mol. The van der Waals surface area contributed by atoms with Crippen LogP contribution in [0.1, 0.15) is 35.8 Å². The minimum absolute atomic E-state index is 0.417. The molecule has 1 atom stereocenters. The fourth-order valence-corrected chi connectivity index (χ4v) is 2.66. The van der Waals surface area contributed by atoms with Crippen LogP contribution in [-0.4, -0.2) is 33.3 Å². The Labute approximate surface area is 117 Å². The number of anilines is 1. The SMILES string of the molecule is Cc1cc(C#N)nc(N2CCCC(c3ccn[nH]3)C2)n1. The minimum Gasteiger partial charge on any atom is -0.340 e. The highest BCUT2D eigenvalue weighted by Crippen LogP contribution is 2.27. The maximum atomic E-state index is 9.02. The number of nitriles is 1. The molecular formula is C14H16N6. The summed E-state index contributed by atoms with van der Waals surface area (Å²) in [6.07, 6.45) is 4.00. The standard InChI is InChI=1S/C14H16N6/c1-10-7-12(8-15)18-14(17-10)20-6-2-3-11(9-20)13-4-5-16-19-13/h4-5,7,11H,2-3,6,9H2,1H3,(H,16,19). The summed E-state index contributed by atoms with van der Waals surface area (Å²) < 4.78 is 0. The first kappa shape index (κ1) is 12.6. The van der Waals surface area contributed by atoms with Crippen LogP contribution in [0, 0.1) is 18.3 Å². The predicted molar refractivity (Wildman–Crippen MR) is 74.3 cm³/mol. The van der Waals surface area contributed by atoms with Crippen LogP contribution in [-0.2, 0) is 0 Å². The first-order valence-electron chi connectivity index (χ1n) is 6.76. The van der Waals surface area contributed by atoms with E-state index in [4.69, 9.17) is 5.26 Å². The van der Waals surface area contributed by atoms with E-state index in [1.807, 2.05) is 13.0 Å². The highest BCUT2D eigenvalue weighted by molar-refractivity contribution is 5.37. The summed E-state index contributed by atoms with van der Waals surface area (Å²) in [5.74, 6) is 1.08. The fraction of sp³-hybridized carbons (Fsp3) is 0.429. The molecule has 2 aromatic heterocycles. The molecular weight excluding hydrogens is 252 g/mol. The fourth-order valence-electron chi connectivity index (χ4n) is 2.66. The number of nitrogens with one attached hydrogen (secondary N) is 1. The molecule has 3 heterocycles. The Kier molecular flexibility index (Phi) is 3.33. The predicted octanol–water partition coefficient (Wildman–Crippen LogP) is 1.76. The number of rotatable bonds is 2. The number of piperidine rings is 1. The Morgan fingerprint density at radius 2 is 2.35 bits per heavy atom. The maximum absolute atomic E-state index is 9.02. The Balaban J connectivity index is 1.84. The van der Waals surface area contributed by atoms with Crippen LogP contribution in [0.4, 0.5) is 5.95 Å². The van der Waals surface area contributed by atoms with Crippen LogP contribution in [0.5, 0.6) is 0 Å². The van der Waals surface area contributed by atoms with Crippen LogP contribution < -0.4 is 4.90 Å². The summed E-state index contributed by atoms with van der Waals surface area (Å²) >= 11 is 0. The summed E-state index contributed by atoms with van der Waals surface area (Å²) in [4.78, 5) is 10.9. The highest BCUT2D eigenvalue weighted by Gasteiger charge is 2.24. The first-order chi connectivity index (χ1) is 9.76. The van der Waals surface area contributed by atoms with Crippen LogP contribution in [0.2, 0.25) is 0 Å². The van der Waals surface area contributed by atoms with Gasteiger partial charge in [0.2, 0.25) is 5.95 Å². The van der Waals surface area contributed by atoms with Gasteiger partial charge in [-0.3, -0.25) is 5.10 Å². The number of aromatic amines is 1. The summed E-state index contributed by atoms with van der Waals surface area (Å²) in [5.41, 5.74) is 2.41. The van der Waals surface area contributed by atoms with Gasteiger partial charge in [-0.25, -0.2) is 9.97 Å². The lowest BCUT2D eigenvalue weighted by Crippen LogP contribution is -2.36. The van der Waals surface area contributed by atoms with E-state index in [9.17, 15) is 0 Å². The third kappa shape index (κ3) is 2.48. The van der Waals surface area contributed by atoms with E-state index >= 15 is 0 Å². The molecule has 0 aromatic carbocycles. The number of hydrogen-bond donors (Lipinski definition) is 1. The second-order valence-corrected chi connectivity index (χ2v) is 5.10. The zero-order valence-electron chi connectivity index (χ0n) is 11.4. The van der Waals surface area contributed by atoms with Crippen LogP contribution >= 0.6 is 0 Å². The molecule has 102 valence electrons. The zero-order chi connectivity index (χ0) is 13.9. The van der Waals surface area contributed by atoms with E-state index < -0.39 is 0 Å². The molecule has 0 saturated carbocycles. The first-order valence-corrected chi connectivity index (χ1v) is 6.76. The summed E-state index contributed by atoms with van der Waals surface area (Å²) in [6.45, 7) is 3.68. The van der Waals surface area contributed by atoms with Gasteiger partial charge in [-0.05, 0) is 31.9 Å². The summed E-state index contributed by atoms with van der Waals surface area (Å²) in [6, 6.07) is 5.82. The number of hydrogen-bond acceptors (Lipinski definition) is 5. The van der Waals surface area contributed by atoms with Gasteiger partial charge < -0.3 is 4.90 Å². The second kappa shape index (κ2) is 5.29. The van der Waals surface area contributed by atoms with Crippen molar-refractivity contribution in [1.29, 1.82) is 5.26 Å². The Hall–Kier alpha value is -2.42. The Morgan fingerprint density at radius 1 is 1.45 bits per heavy atom. The van der Waals surface area contributed by atoms with Gasteiger partial charge >= 0.3 is 0 Å². The van der Waals surface area contributed by atoms with E-state index in [1.54, 1.807) is 12.3 Å². The van der Waals surface area contributed by atoms with Crippen molar-refractivity contribution in [3.05, 3.63) is 35.4 Å². The molecule has 0 amide bonds. The van der Waals surface area contributed by atoms with Crippen molar-refractivity contribution in [3.8, 4) is 6.07 Å². The molecule has 20 heavy (non-hydrogen) atoms.